The Balaban J connectivity index is 1.61. The number of nitrogens with one attached hydrogen (secondary N) is 2. The van der Waals surface area contributed by atoms with E-state index in [0.29, 0.717) is 22.1 Å². The second-order valence-electron chi connectivity index (χ2n) is 7.96. The molecule has 0 bridgehead atoms. The number of sulfonamides is 1. The van der Waals surface area contributed by atoms with Crippen LogP contribution in [0.4, 0.5) is 10.9 Å². The molecule has 0 spiro atoms. The number of nitrogens with zero attached hydrogens (tertiary/aromatic N) is 2. The molecule has 0 radical (unpaired) electrons. The van der Waals surface area contributed by atoms with E-state index in [1.807, 2.05) is 6.92 Å². The summed E-state index contributed by atoms with van der Waals surface area (Å²) in [7, 11) is -1.09. The lowest BCUT2D eigenvalue weighted by atomic mass is 10.1. The summed E-state index contributed by atoms with van der Waals surface area (Å²) < 4.78 is 39.2. The predicted molar refractivity (Wildman–Crippen MR) is 131 cm³/mol. The van der Waals surface area contributed by atoms with Gasteiger partial charge in [0.2, 0.25) is 5.91 Å². The summed E-state index contributed by atoms with van der Waals surface area (Å²) in [5.41, 5.74) is 1.35. The van der Waals surface area contributed by atoms with Gasteiger partial charge >= 0.3 is 0 Å². The van der Waals surface area contributed by atoms with Crippen molar-refractivity contribution < 1.29 is 22.7 Å². The molecule has 0 atom stereocenters. The summed E-state index contributed by atoms with van der Waals surface area (Å²) in [6.45, 7) is 1.83. The molecule has 2 aromatic heterocycles. The molecular weight excluding hydrogens is 476 g/mol. The van der Waals surface area contributed by atoms with Crippen molar-refractivity contribution in [1.82, 2.24) is 9.97 Å². The van der Waals surface area contributed by atoms with Gasteiger partial charge in [0.15, 0.2) is 5.13 Å². The second-order valence-corrected chi connectivity index (χ2v) is 10.6. The Morgan fingerprint density at radius 3 is 2.53 bits per heavy atom. The van der Waals surface area contributed by atoms with Crippen LogP contribution in [0.3, 0.4) is 0 Å². The van der Waals surface area contributed by atoms with Gasteiger partial charge in [-0.3, -0.25) is 9.52 Å². The highest BCUT2D eigenvalue weighted by atomic mass is 32.2. The second kappa shape index (κ2) is 9.98. The van der Waals surface area contributed by atoms with Crippen LogP contribution in [0.1, 0.15) is 31.4 Å². The molecule has 9 nitrogen and oxygen atoms in total. The summed E-state index contributed by atoms with van der Waals surface area (Å²) in [5, 5.41) is 3.42. The molecule has 2 N–H and O–H groups in total. The fourth-order valence-corrected chi connectivity index (χ4v) is 6.07. The first-order valence-electron chi connectivity index (χ1n) is 10.8. The summed E-state index contributed by atoms with van der Waals surface area (Å²) in [5.74, 6) is 0.884. The Morgan fingerprint density at radius 1 is 1.12 bits per heavy atom. The molecule has 11 heteroatoms. The highest BCUT2D eigenvalue weighted by molar-refractivity contribution is 7.92. The van der Waals surface area contributed by atoms with Crippen LogP contribution in [0.15, 0.2) is 41.4 Å². The van der Waals surface area contributed by atoms with Crippen molar-refractivity contribution in [2.75, 3.05) is 24.3 Å². The van der Waals surface area contributed by atoms with Crippen molar-refractivity contribution in [3.05, 3.63) is 42.2 Å². The number of ether oxygens (including phenoxy) is 2. The maximum absolute atomic E-state index is 13.2. The number of rotatable bonds is 8. The van der Waals surface area contributed by atoms with Crippen molar-refractivity contribution in [1.29, 1.82) is 0 Å². The van der Waals surface area contributed by atoms with Crippen LogP contribution >= 0.6 is 11.3 Å². The molecule has 180 valence electrons. The van der Waals surface area contributed by atoms with E-state index in [1.165, 1.54) is 43.9 Å². The number of methoxy groups -OCH3 is 2. The first-order valence-corrected chi connectivity index (χ1v) is 13.1. The third-order valence-corrected chi connectivity index (χ3v) is 8.18. The van der Waals surface area contributed by atoms with Gasteiger partial charge in [0, 0.05) is 5.92 Å². The number of carbonyl (C=O) groups is 1. The van der Waals surface area contributed by atoms with Gasteiger partial charge in [0.25, 0.3) is 10.0 Å². The molecular formula is C23H26N4O5S2. The van der Waals surface area contributed by atoms with Crippen LogP contribution in [0.25, 0.3) is 10.4 Å². The van der Waals surface area contributed by atoms with Gasteiger partial charge in [-0.25, -0.2) is 18.4 Å². The van der Waals surface area contributed by atoms with E-state index in [2.05, 4.69) is 20.0 Å². The minimum Gasteiger partial charge on any atom is -0.495 e. The van der Waals surface area contributed by atoms with Crippen LogP contribution in [-0.2, 0) is 14.8 Å². The fraction of sp³-hybridized carbons (Fsp3) is 0.348. The SMILES string of the molecule is COc1ccc(NS(=O)(=O)c2cc(-c3sc(NC(=O)C4CCCC4)nc3C)ccc2OC)nc1. The van der Waals surface area contributed by atoms with E-state index >= 15 is 0 Å². The number of amides is 1. The van der Waals surface area contributed by atoms with E-state index in [0.717, 1.165) is 30.6 Å². The normalized spacial score (nSPS) is 14.1. The van der Waals surface area contributed by atoms with Gasteiger partial charge in [-0.05, 0) is 55.7 Å². The fourth-order valence-electron chi connectivity index (χ4n) is 3.90. The molecule has 1 aromatic carbocycles. The quantitative estimate of drug-likeness (QED) is 0.467. The molecule has 0 saturated heterocycles. The Morgan fingerprint density at radius 2 is 1.88 bits per heavy atom. The lowest BCUT2D eigenvalue weighted by Gasteiger charge is -2.13. The van der Waals surface area contributed by atoms with Crippen molar-refractivity contribution in [2.45, 2.75) is 37.5 Å². The predicted octanol–water partition coefficient (Wildman–Crippen LogP) is 4.46. The van der Waals surface area contributed by atoms with Crippen molar-refractivity contribution in [3.8, 4) is 21.9 Å². The molecule has 34 heavy (non-hydrogen) atoms. The van der Waals surface area contributed by atoms with Crippen LogP contribution in [0.5, 0.6) is 11.5 Å². The molecule has 1 aliphatic rings. The molecule has 0 aliphatic heterocycles. The summed E-state index contributed by atoms with van der Waals surface area (Å²) >= 11 is 1.32. The minimum absolute atomic E-state index is 0.00742. The number of carbonyl (C=O) groups excluding carboxylic acids is 1. The van der Waals surface area contributed by atoms with Crippen molar-refractivity contribution in [2.24, 2.45) is 5.92 Å². The van der Waals surface area contributed by atoms with Crippen molar-refractivity contribution in [3.63, 3.8) is 0 Å². The van der Waals surface area contributed by atoms with E-state index in [-0.39, 0.29) is 28.3 Å². The lowest BCUT2D eigenvalue weighted by molar-refractivity contribution is -0.119. The molecule has 3 aromatic rings. The summed E-state index contributed by atoms with van der Waals surface area (Å²) in [4.78, 5) is 21.8. The maximum Gasteiger partial charge on any atom is 0.266 e. The van der Waals surface area contributed by atoms with E-state index < -0.39 is 10.0 Å². The number of anilines is 2. The van der Waals surface area contributed by atoms with Crippen molar-refractivity contribution >= 4 is 38.2 Å². The van der Waals surface area contributed by atoms with Gasteiger partial charge in [0.05, 0.1) is 31.0 Å². The van der Waals surface area contributed by atoms with Gasteiger partial charge in [-0.1, -0.05) is 24.2 Å². The standard InChI is InChI=1S/C23H26N4O5S2/c1-14-21(33-23(25-14)26-22(28)15-6-4-5-7-15)16-8-10-18(32-3)19(12-16)34(29,30)27-20-11-9-17(31-2)13-24-20/h8-13,15H,4-7H2,1-3H3,(H,24,27)(H,25,26,28). The Hall–Kier alpha value is -3.18. The average molecular weight is 503 g/mol. The molecule has 1 aliphatic carbocycles. The van der Waals surface area contributed by atoms with Gasteiger partial charge in [-0.2, -0.15) is 0 Å². The Kier molecular flexibility index (Phi) is 7.03. The Bertz CT molecular complexity index is 1280. The number of aromatic nitrogens is 2. The van der Waals surface area contributed by atoms with Crippen LogP contribution < -0.4 is 19.5 Å². The minimum atomic E-state index is -4.01. The van der Waals surface area contributed by atoms with E-state index in [1.54, 1.807) is 18.2 Å². The molecule has 1 amide bonds. The van der Waals surface area contributed by atoms with Gasteiger partial charge in [0.1, 0.15) is 22.2 Å². The first-order chi connectivity index (χ1) is 16.3. The topological polar surface area (TPSA) is 120 Å². The molecule has 1 fully saturated rings. The third-order valence-electron chi connectivity index (χ3n) is 5.68. The highest BCUT2D eigenvalue weighted by Gasteiger charge is 2.25. The largest absolute Gasteiger partial charge is 0.495 e. The van der Waals surface area contributed by atoms with Crippen LogP contribution in [0.2, 0.25) is 0 Å². The summed E-state index contributed by atoms with van der Waals surface area (Å²) in [6, 6.07) is 8.03. The zero-order valence-corrected chi connectivity index (χ0v) is 20.8. The monoisotopic (exact) mass is 502 g/mol. The maximum atomic E-state index is 13.2. The number of aryl methyl sites for hydroxylation is 1. The smallest absolute Gasteiger partial charge is 0.266 e. The molecule has 4 rings (SSSR count). The highest BCUT2D eigenvalue weighted by Crippen LogP contribution is 2.37. The number of thiazole rings is 1. The third kappa shape index (κ3) is 5.15. The number of benzene rings is 1. The van der Waals surface area contributed by atoms with Gasteiger partial charge < -0.3 is 14.8 Å². The van der Waals surface area contributed by atoms with E-state index in [4.69, 9.17) is 9.47 Å². The average Bonchev–Trinajstić information content (AvgIpc) is 3.49. The number of pyridine rings is 1. The molecule has 0 unspecified atom stereocenters. The molecule has 2 heterocycles. The number of hydrogen-bond donors (Lipinski definition) is 2. The summed E-state index contributed by atoms with van der Waals surface area (Å²) in [6.07, 6.45) is 5.37. The molecule has 1 saturated carbocycles. The van der Waals surface area contributed by atoms with Crippen LogP contribution in [-0.4, -0.2) is 38.5 Å². The zero-order chi connectivity index (χ0) is 24.3. The van der Waals surface area contributed by atoms with E-state index in [9.17, 15) is 13.2 Å². The Labute approximate surface area is 202 Å². The lowest BCUT2D eigenvalue weighted by Crippen LogP contribution is -2.20. The number of hydrogen-bond acceptors (Lipinski definition) is 8. The van der Waals surface area contributed by atoms with Crippen LogP contribution in [0, 0.1) is 12.8 Å². The van der Waals surface area contributed by atoms with Gasteiger partial charge in [-0.15, -0.1) is 0 Å². The zero-order valence-electron chi connectivity index (χ0n) is 19.1. The first kappa shape index (κ1) is 24.0.